The third-order valence-electron chi connectivity index (χ3n) is 6.52. The highest BCUT2D eigenvalue weighted by molar-refractivity contribution is 7.92. The summed E-state index contributed by atoms with van der Waals surface area (Å²) in [7, 11) is -2.26. The second kappa shape index (κ2) is 8.46. The lowest BCUT2D eigenvalue weighted by Gasteiger charge is -2.33. The van der Waals surface area contributed by atoms with Crippen molar-refractivity contribution >= 4 is 26.7 Å². The molecular weight excluding hydrogens is 470 g/mol. The molecule has 7 heteroatoms. The first-order valence-corrected chi connectivity index (χ1v) is 13.0. The number of aromatic nitrogens is 2. The van der Waals surface area contributed by atoms with Crippen LogP contribution in [0.4, 0.5) is 5.69 Å². The molecule has 3 aromatic carbocycles. The second-order valence-electron chi connectivity index (χ2n) is 8.74. The van der Waals surface area contributed by atoms with Gasteiger partial charge in [-0.05, 0) is 36.8 Å². The fourth-order valence-electron chi connectivity index (χ4n) is 4.74. The number of hydrogen-bond acceptors (Lipinski definition) is 5. The van der Waals surface area contributed by atoms with Crippen LogP contribution in [0.15, 0.2) is 95.9 Å². The smallest absolute Gasteiger partial charge is 0.264 e. The lowest BCUT2D eigenvalue weighted by atomic mass is 9.91. The van der Waals surface area contributed by atoms with E-state index in [4.69, 9.17) is 14.7 Å². The number of rotatable bonds is 4. The molecule has 0 fully saturated rings. The maximum atomic E-state index is 14.0. The molecule has 0 aliphatic carbocycles. The number of fused-ring (bicyclic) bond motifs is 4. The number of aryl methyl sites for hydroxylation is 1. The van der Waals surface area contributed by atoms with Crippen LogP contribution in [0.1, 0.15) is 11.1 Å². The van der Waals surface area contributed by atoms with E-state index >= 15 is 0 Å². The number of benzene rings is 3. The summed E-state index contributed by atoms with van der Waals surface area (Å²) in [6.45, 7) is 2.07. The Morgan fingerprint density at radius 2 is 1.56 bits per heavy atom. The van der Waals surface area contributed by atoms with Crippen LogP contribution in [-0.2, 0) is 16.6 Å². The van der Waals surface area contributed by atoms with Gasteiger partial charge >= 0.3 is 0 Å². The van der Waals surface area contributed by atoms with Crippen molar-refractivity contribution in [1.82, 2.24) is 9.97 Å². The number of para-hydroxylation sites is 1. The molecule has 1 aliphatic heterocycles. The minimum Gasteiger partial charge on any atom is -0.481 e. The summed E-state index contributed by atoms with van der Waals surface area (Å²) in [5.41, 5.74) is 7.14. The molecular formula is C29H23N3O3S. The van der Waals surface area contributed by atoms with Gasteiger partial charge in [0.1, 0.15) is 5.52 Å². The van der Waals surface area contributed by atoms with Gasteiger partial charge in [0.05, 0.1) is 35.4 Å². The highest BCUT2D eigenvalue weighted by atomic mass is 32.2. The van der Waals surface area contributed by atoms with Gasteiger partial charge in [0.2, 0.25) is 5.88 Å². The maximum absolute atomic E-state index is 14.0. The summed E-state index contributed by atoms with van der Waals surface area (Å²) >= 11 is 0. The van der Waals surface area contributed by atoms with E-state index in [2.05, 4.69) is 0 Å². The Morgan fingerprint density at radius 3 is 2.31 bits per heavy atom. The lowest BCUT2D eigenvalue weighted by molar-refractivity contribution is 0.399. The van der Waals surface area contributed by atoms with Crippen LogP contribution >= 0.6 is 0 Å². The SMILES string of the molecule is COc1ccc2nc3c(c(-c4ccccc4)c2n1)CN(S(=O)(=O)c1ccc(C)cc1)c1ccccc1-3. The normalized spacial score (nSPS) is 12.8. The Labute approximate surface area is 209 Å². The Morgan fingerprint density at radius 1 is 0.833 bits per heavy atom. The Bertz CT molecular complexity index is 1720. The molecule has 5 aromatic rings. The fourth-order valence-corrected chi connectivity index (χ4v) is 6.19. The number of pyridine rings is 2. The summed E-state index contributed by atoms with van der Waals surface area (Å²) in [5.74, 6) is 0.474. The summed E-state index contributed by atoms with van der Waals surface area (Å²) < 4.78 is 34.8. The second-order valence-corrected chi connectivity index (χ2v) is 10.6. The van der Waals surface area contributed by atoms with E-state index in [-0.39, 0.29) is 11.4 Å². The molecule has 0 N–H and O–H groups in total. The van der Waals surface area contributed by atoms with Crippen molar-refractivity contribution in [3.63, 3.8) is 0 Å². The Hall–Kier alpha value is -4.23. The van der Waals surface area contributed by atoms with Crippen molar-refractivity contribution in [2.75, 3.05) is 11.4 Å². The van der Waals surface area contributed by atoms with Gasteiger partial charge < -0.3 is 4.74 Å². The quantitative estimate of drug-likeness (QED) is 0.308. The minimum absolute atomic E-state index is 0.134. The predicted molar refractivity (Wildman–Crippen MR) is 142 cm³/mol. The number of nitrogens with zero attached hydrogens (tertiary/aromatic N) is 3. The first-order chi connectivity index (χ1) is 17.5. The predicted octanol–water partition coefficient (Wildman–Crippen LogP) is 5.99. The van der Waals surface area contributed by atoms with Crippen LogP contribution in [-0.4, -0.2) is 25.5 Å². The zero-order chi connectivity index (χ0) is 24.9. The first kappa shape index (κ1) is 22.2. The molecule has 0 atom stereocenters. The monoisotopic (exact) mass is 493 g/mol. The molecule has 0 spiro atoms. The van der Waals surface area contributed by atoms with Crippen molar-refractivity contribution in [3.05, 3.63) is 102 Å². The summed E-state index contributed by atoms with van der Waals surface area (Å²) in [5, 5.41) is 0. The molecule has 6 rings (SSSR count). The van der Waals surface area contributed by atoms with Gasteiger partial charge in [-0.25, -0.2) is 18.4 Å². The maximum Gasteiger partial charge on any atom is 0.264 e. The third-order valence-corrected chi connectivity index (χ3v) is 8.29. The van der Waals surface area contributed by atoms with Crippen LogP contribution in [0.25, 0.3) is 33.4 Å². The molecule has 0 radical (unpaired) electrons. The third kappa shape index (κ3) is 3.51. The average molecular weight is 494 g/mol. The van der Waals surface area contributed by atoms with Gasteiger partial charge in [-0.1, -0.05) is 66.2 Å². The lowest BCUT2D eigenvalue weighted by Crippen LogP contribution is -2.33. The van der Waals surface area contributed by atoms with E-state index in [1.54, 1.807) is 25.3 Å². The molecule has 2 aromatic heterocycles. The molecule has 0 bridgehead atoms. The largest absolute Gasteiger partial charge is 0.481 e. The minimum atomic E-state index is -3.84. The average Bonchev–Trinajstić information content (AvgIpc) is 2.91. The number of ether oxygens (including phenoxy) is 1. The van der Waals surface area contributed by atoms with Gasteiger partial charge in [-0.3, -0.25) is 4.31 Å². The van der Waals surface area contributed by atoms with E-state index in [1.807, 2.05) is 79.7 Å². The number of hydrogen-bond donors (Lipinski definition) is 0. The fraction of sp³-hybridized carbons (Fsp3) is 0.103. The molecule has 0 amide bonds. The van der Waals surface area contributed by atoms with Crippen molar-refractivity contribution < 1.29 is 13.2 Å². The van der Waals surface area contributed by atoms with Crippen LogP contribution < -0.4 is 9.04 Å². The van der Waals surface area contributed by atoms with E-state index in [0.29, 0.717) is 17.1 Å². The van der Waals surface area contributed by atoms with E-state index < -0.39 is 10.0 Å². The molecule has 1 aliphatic rings. The molecule has 178 valence electrons. The number of methoxy groups -OCH3 is 1. The zero-order valence-corrected chi connectivity index (χ0v) is 20.7. The summed E-state index contributed by atoms with van der Waals surface area (Å²) in [6, 6.07) is 28.1. The van der Waals surface area contributed by atoms with Crippen LogP contribution in [0.3, 0.4) is 0 Å². The molecule has 3 heterocycles. The highest BCUT2D eigenvalue weighted by Crippen LogP contribution is 2.46. The molecule has 0 saturated carbocycles. The standard InChI is InChI=1S/C29H23N3O3S/c1-19-12-14-21(15-13-19)36(33,34)32-18-23-27(20-8-4-3-5-9-20)29-24(16-17-26(31-29)35-2)30-28(23)22-10-6-7-11-25(22)32/h3-17H,18H2,1-2H3. The van der Waals surface area contributed by atoms with Gasteiger partial charge in [0.25, 0.3) is 10.0 Å². The summed E-state index contributed by atoms with van der Waals surface area (Å²) in [4.78, 5) is 9.97. The molecule has 6 nitrogen and oxygen atoms in total. The molecule has 0 unspecified atom stereocenters. The van der Waals surface area contributed by atoms with Gasteiger partial charge in [-0.2, -0.15) is 0 Å². The van der Waals surface area contributed by atoms with Crippen LogP contribution in [0, 0.1) is 6.92 Å². The number of sulfonamides is 1. The van der Waals surface area contributed by atoms with Gasteiger partial charge in [-0.15, -0.1) is 0 Å². The van der Waals surface area contributed by atoms with Crippen molar-refractivity contribution in [2.45, 2.75) is 18.4 Å². The topological polar surface area (TPSA) is 72.4 Å². The Kier molecular flexibility index (Phi) is 5.23. The van der Waals surface area contributed by atoms with Crippen molar-refractivity contribution in [3.8, 4) is 28.3 Å². The highest BCUT2D eigenvalue weighted by Gasteiger charge is 2.34. The molecule has 0 saturated heterocycles. The van der Waals surface area contributed by atoms with Gasteiger partial charge in [0.15, 0.2) is 0 Å². The van der Waals surface area contributed by atoms with Crippen LogP contribution in [0.2, 0.25) is 0 Å². The summed E-state index contributed by atoms with van der Waals surface area (Å²) in [6.07, 6.45) is 0. The van der Waals surface area contributed by atoms with Crippen molar-refractivity contribution in [1.29, 1.82) is 0 Å². The van der Waals surface area contributed by atoms with Gasteiger partial charge in [0, 0.05) is 22.8 Å². The Balaban J connectivity index is 1.67. The number of anilines is 1. The molecule has 36 heavy (non-hydrogen) atoms. The van der Waals surface area contributed by atoms with Crippen molar-refractivity contribution in [2.24, 2.45) is 0 Å². The van der Waals surface area contributed by atoms with E-state index in [9.17, 15) is 8.42 Å². The first-order valence-electron chi connectivity index (χ1n) is 11.6. The van der Waals surface area contributed by atoms with E-state index in [0.717, 1.165) is 39.0 Å². The van der Waals surface area contributed by atoms with Crippen LogP contribution in [0.5, 0.6) is 5.88 Å². The zero-order valence-electron chi connectivity index (χ0n) is 19.8. The van der Waals surface area contributed by atoms with E-state index in [1.165, 1.54) is 4.31 Å².